The van der Waals surface area contributed by atoms with Gasteiger partial charge in [0.2, 0.25) is 0 Å². The molecule has 2 aromatic heterocycles. The van der Waals surface area contributed by atoms with Gasteiger partial charge in [0.25, 0.3) is 0 Å². The summed E-state index contributed by atoms with van der Waals surface area (Å²) in [5.74, 6) is -0.863. The van der Waals surface area contributed by atoms with Crippen molar-refractivity contribution in [2.75, 3.05) is 31.1 Å². The smallest absolute Gasteiger partial charge is 0.182 e. The van der Waals surface area contributed by atoms with Crippen molar-refractivity contribution in [3.63, 3.8) is 0 Å². The van der Waals surface area contributed by atoms with Crippen molar-refractivity contribution in [3.8, 4) is 45.5 Å². The number of aromatic amines is 1. The Balaban J connectivity index is 0.00000294. The fourth-order valence-corrected chi connectivity index (χ4v) is 4.92. The molecule has 0 saturated carbocycles. The van der Waals surface area contributed by atoms with E-state index < -0.39 is 5.82 Å². The van der Waals surface area contributed by atoms with Crippen LogP contribution in [-0.4, -0.2) is 46.5 Å². The van der Waals surface area contributed by atoms with Crippen LogP contribution in [0.15, 0.2) is 72.8 Å². The van der Waals surface area contributed by atoms with Crippen molar-refractivity contribution >= 4 is 29.1 Å². The monoisotopic (exact) mass is 526 g/mol. The second-order valence-electron chi connectivity index (χ2n) is 8.93. The second-order valence-corrected chi connectivity index (χ2v) is 8.93. The van der Waals surface area contributed by atoms with Crippen LogP contribution in [0.1, 0.15) is 5.56 Å². The number of aromatic hydroxyl groups is 1. The summed E-state index contributed by atoms with van der Waals surface area (Å²) in [5.41, 5.74) is 5.10. The van der Waals surface area contributed by atoms with Crippen molar-refractivity contribution < 1.29 is 9.50 Å². The highest BCUT2D eigenvalue weighted by Crippen LogP contribution is 2.41. The predicted octanol–water partition coefficient (Wildman–Crippen LogP) is 5.51. The van der Waals surface area contributed by atoms with Gasteiger partial charge in [-0.05, 0) is 29.8 Å². The molecule has 1 fully saturated rings. The molecule has 0 bridgehead atoms. The number of anilines is 1. The molecule has 0 radical (unpaired) electrons. The molecule has 5 aromatic rings. The molecule has 7 nitrogen and oxygen atoms in total. The third kappa shape index (κ3) is 4.43. The number of nitriles is 1. The zero-order valence-electron chi connectivity index (χ0n) is 20.3. The molecule has 6 rings (SSSR count). The summed E-state index contributed by atoms with van der Waals surface area (Å²) in [7, 11) is 0. The Bertz CT molecular complexity index is 1640. The number of aromatic nitrogens is 3. The lowest BCUT2D eigenvalue weighted by molar-refractivity contribution is 0.469. The van der Waals surface area contributed by atoms with Crippen molar-refractivity contribution in [1.29, 1.82) is 5.26 Å². The minimum Gasteiger partial charge on any atom is -0.508 e. The standard InChI is InChI=1S/C29H23FN6O.ClH/c30-24-16-21(37)10-11-22(24)28-23(17-31)25(18-6-8-20(9-7-18)36-14-12-32-13-15-36)26-27(34-35-29(26)33-28)19-4-2-1-3-5-19;/h1-11,16,32,37H,12-15H2,(H,33,34,35);1H. The molecule has 0 aliphatic carbocycles. The van der Waals surface area contributed by atoms with Crippen molar-refractivity contribution in [1.82, 2.24) is 20.5 Å². The summed E-state index contributed by atoms with van der Waals surface area (Å²) in [4.78, 5) is 6.95. The predicted molar refractivity (Wildman–Crippen MR) is 149 cm³/mol. The van der Waals surface area contributed by atoms with Crippen molar-refractivity contribution in [2.24, 2.45) is 0 Å². The number of nitrogens with zero attached hydrogens (tertiary/aromatic N) is 4. The zero-order valence-corrected chi connectivity index (χ0v) is 21.1. The van der Waals surface area contributed by atoms with E-state index in [1.165, 1.54) is 12.1 Å². The van der Waals surface area contributed by atoms with Gasteiger partial charge in [0, 0.05) is 54.6 Å². The van der Waals surface area contributed by atoms with Crippen molar-refractivity contribution in [2.45, 2.75) is 0 Å². The maximum absolute atomic E-state index is 15.0. The normalized spacial score (nSPS) is 13.2. The number of fused-ring (bicyclic) bond motifs is 1. The molecule has 1 aliphatic heterocycles. The van der Waals surface area contributed by atoms with Gasteiger partial charge in [0.15, 0.2) is 5.65 Å². The summed E-state index contributed by atoms with van der Waals surface area (Å²) < 4.78 is 15.0. The third-order valence-corrected chi connectivity index (χ3v) is 6.72. The number of pyridine rings is 1. The van der Waals surface area contributed by atoms with E-state index in [0.717, 1.165) is 54.8 Å². The Kier molecular flexibility index (Phi) is 6.97. The van der Waals surface area contributed by atoms with Gasteiger partial charge in [-0.3, -0.25) is 5.10 Å². The molecular weight excluding hydrogens is 503 g/mol. The first-order chi connectivity index (χ1) is 18.1. The summed E-state index contributed by atoms with van der Waals surface area (Å²) >= 11 is 0. The lowest BCUT2D eigenvalue weighted by Crippen LogP contribution is -2.43. The van der Waals surface area contributed by atoms with Gasteiger partial charge in [-0.25, -0.2) is 9.37 Å². The molecule has 0 unspecified atom stereocenters. The van der Waals surface area contributed by atoms with Crippen molar-refractivity contribution in [3.05, 3.63) is 84.2 Å². The van der Waals surface area contributed by atoms with E-state index in [9.17, 15) is 14.8 Å². The highest BCUT2D eigenvalue weighted by Gasteiger charge is 2.24. The molecule has 0 spiro atoms. The molecule has 190 valence electrons. The lowest BCUT2D eigenvalue weighted by atomic mass is 9.92. The van der Waals surface area contributed by atoms with E-state index in [2.05, 4.69) is 43.6 Å². The maximum atomic E-state index is 15.0. The number of hydrogen-bond acceptors (Lipinski definition) is 6. The van der Waals surface area contributed by atoms with Crippen LogP contribution in [0, 0.1) is 17.1 Å². The first-order valence-electron chi connectivity index (χ1n) is 12.1. The number of nitrogens with one attached hydrogen (secondary N) is 2. The molecule has 9 heteroatoms. The first kappa shape index (κ1) is 25.2. The van der Waals surface area contributed by atoms with Gasteiger partial charge in [-0.15, -0.1) is 12.4 Å². The van der Waals surface area contributed by atoms with Crippen LogP contribution < -0.4 is 10.2 Å². The number of hydrogen-bond donors (Lipinski definition) is 3. The largest absolute Gasteiger partial charge is 0.508 e. The minimum absolute atomic E-state index is 0. The Hall–Kier alpha value is -4.45. The van der Waals surface area contributed by atoms with E-state index >= 15 is 0 Å². The van der Waals surface area contributed by atoms with Gasteiger partial charge >= 0.3 is 0 Å². The van der Waals surface area contributed by atoms with E-state index in [-0.39, 0.29) is 35.0 Å². The van der Waals surface area contributed by atoms with Crippen LogP contribution >= 0.6 is 12.4 Å². The number of benzene rings is 3. The van der Waals surface area contributed by atoms with Gasteiger partial charge in [-0.2, -0.15) is 10.4 Å². The Labute approximate surface area is 225 Å². The average Bonchev–Trinajstić information content (AvgIpc) is 3.37. The van der Waals surface area contributed by atoms with Crippen LogP contribution in [0.4, 0.5) is 10.1 Å². The average molecular weight is 527 g/mol. The van der Waals surface area contributed by atoms with Gasteiger partial charge < -0.3 is 15.3 Å². The van der Waals surface area contributed by atoms with Crippen LogP contribution in [0.25, 0.3) is 44.7 Å². The number of rotatable bonds is 4. The van der Waals surface area contributed by atoms with E-state index in [0.29, 0.717) is 16.6 Å². The fraction of sp³-hybridized carbons (Fsp3) is 0.138. The van der Waals surface area contributed by atoms with E-state index in [1.807, 2.05) is 42.5 Å². The summed E-state index contributed by atoms with van der Waals surface area (Å²) in [6.07, 6.45) is 0. The lowest BCUT2D eigenvalue weighted by Gasteiger charge is -2.29. The third-order valence-electron chi connectivity index (χ3n) is 6.72. The highest BCUT2D eigenvalue weighted by molar-refractivity contribution is 6.06. The first-order valence-corrected chi connectivity index (χ1v) is 12.1. The molecular formula is C29H24ClFN6O. The molecule has 3 heterocycles. The van der Waals surface area contributed by atoms with E-state index in [1.54, 1.807) is 0 Å². The molecule has 1 aliphatic rings. The summed E-state index contributed by atoms with van der Waals surface area (Å²) in [6, 6.07) is 23.9. The van der Waals surface area contributed by atoms with Gasteiger partial charge in [-0.1, -0.05) is 42.5 Å². The Morgan fingerprint density at radius 1 is 0.947 bits per heavy atom. The topological polar surface area (TPSA) is 101 Å². The minimum atomic E-state index is -0.665. The van der Waals surface area contributed by atoms with Gasteiger partial charge in [0.05, 0.1) is 22.3 Å². The Morgan fingerprint density at radius 2 is 1.68 bits per heavy atom. The zero-order chi connectivity index (χ0) is 25.4. The summed E-state index contributed by atoms with van der Waals surface area (Å²) in [5, 5.41) is 31.7. The van der Waals surface area contributed by atoms with E-state index in [4.69, 9.17) is 0 Å². The van der Waals surface area contributed by atoms with Crippen LogP contribution in [0.5, 0.6) is 5.75 Å². The molecule has 1 saturated heterocycles. The molecule has 0 amide bonds. The summed E-state index contributed by atoms with van der Waals surface area (Å²) in [6.45, 7) is 3.71. The maximum Gasteiger partial charge on any atom is 0.182 e. The molecule has 0 atom stereocenters. The molecule has 3 N–H and O–H groups in total. The molecule has 3 aromatic carbocycles. The fourth-order valence-electron chi connectivity index (χ4n) is 4.92. The van der Waals surface area contributed by atoms with Crippen LogP contribution in [-0.2, 0) is 0 Å². The number of phenolic OH excluding ortho intramolecular Hbond substituents is 1. The quantitative estimate of drug-likeness (QED) is 0.285. The Morgan fingerprint density at radius 3 is 2.37 bits per heavy atom. The number of phenols is 1. The second kappa shape index (κ2) is 10.5. The molecule has 38 heavy (non-hydrogen) atoms. The SMILES string of the molecule is Cl.N#Cc1c(-c2ccc(O)cc2F)nc2n[nH]c(-c3ccccc3)c2c1-c1ccc(N2CCNCC2)cc1. The van der Waals surface area contributed by atoms with Crippen LogP contribution in [0.3, 0.4) is 0 Å². The number of piperazine rings is 1. The number of H-pyrrole nitrogens is 1. The van der Waals surface area contributed by atoms with Crippen LogP contribution in [0.2, 0.25) is 0 Å². The number of halogens is 2. The van der Waals surface area contributed by atoms with Gasteiger partial charge in [0.1, 0.15) is 17.6 Å². The highest BCUT2D eigenvalue weighted by atomic mass is 35.5.